The second-order valence-corrected chi connectivity index (χ2v) is 9.44. The molecule has 0 aliphatic carbocycles. The standard InChI is InChI=1S/C28H33ClN4O2/c1-4-26-25(18-22-8-6-20(2)7-9-22)28(31-21(3)30-26)33-15-5-14-32(16-17-33)27(34)19-35-24-12-10-23(29)11-13-24/h6-13H,4-5,14-19H2,1-3H3. The summed E-state index contributed by atoms with van der Waals surface area (Å²) in [5, 5.41) is 0.643. The Morgan fingerprint density at radius 3 is 2.43 bits per heavy atom. The Balaban J connectivity index is 1.47. The Bertz CT molecular complexity index is 1150. The normalized spacial score (nSPS) is 14.1. The summed E-state index contributed by atoms with van der Waals surface area (Å²) in [6.07, 6.45) is 2.53. The summed E-state index contributed by atoms with van der Waals surface area (Å²) in [6.45, 7) is 9.15. The molecule has 1 amide bonds. The highest BCUT2D eigenvalue weighted by Crippen LogP contribution is 2.26. The van der Waals surface area contributed by atoms with E-state index in [1.165, 1.54) is 16.7 Å². The Kier molecular flexibility index (Phi) is 8.24. The molecular formula is C28H33ClN4O2. The van der Waals surface area contributed by atoms with Crippen molar-refractivity contribution in [1.29, 1.82) is 0 Å². The van der Waals surface area contributed by atoms with E-state index in [4.69, 9.17) is 26.3 Å². The van der Waals surface area contributed by atoms with Crippen LogP contribution in [0.3, 0.4) is 0 Å². The summed E-state index contributed by atoms with van der Waals surface area (Å²) in [5.74, 6) is 2.43. The van der Waals surface area contributed by atoms with Crippen molar-refractivity contribution in [3.8, 4) is 5.75 Å². The molecule has 1 aliphatic heterocycles. The maximum Gasteiger partial charge on any atom is 0.260 e. The van der Waals surface area contributed by atoms with Crippen LogP contribution in [0.2, 0.25) is 5.02 Å². The summed E-state index contributed by atoms with van der Waals surface area (Å²) in [7, 11) is 0. The van der Waals surface area contributed by atoms with Gasteiger partial charge in [-0.15, -0.1) is 0 Å². The SMILES string of the molecule is CCc1nc(C)nc(N2CCCN(C(=O)COc3ccc(Cl)cc3)CC2)c1Cc1ccc(C)cc1. The van der Waals surface area contributed by atoms with Gasteiger partial charge in [-0.25, -0.2) is 9.97 Å². The monoisotopic (exact) mass is 492 g/mol. The van der Waals surface area contributed by atoms with Gasteiger partial charge < -0.3 is 14.5 Å². The van der Waals surface area contributed by atoms with E-state index >= 15 is 0 Å². The number of aryl methyl sites for hydroxylation is 3. The highest BCUT2D eigenvalue weighted by Gasteiger charge is 2.24. The Morgan fingerprint density at radius 2 is 1.71 bits per heavy atom. The number of anilines is 1. The third kappa shape index (κ3) is 6.51. The van der Waals surface area contributed by atoms with Crippen LogP contribution in [0.1, 0.15) is 41.6 Å². The smallest absolute Gasteiger partial charge is 0.260 e. The van der Waals surface area contributed by atoms with Crippen molar-refractivity contribution in [3.05, 3.63) is 81.8 Å². The molecule has 0 unspecified atom stereocenters. The van der Waals surface area contributed by atoms with Gasteiger partial charge in [-0.2, -0.15) is 0 Å². The van der Waals surface area contributed by atoms with E-state index in [9.17, 15) is 4.79 Å². The van der Waals surface area contributed by atoms with E-state index in [0.717, 1.165) is 49.7 Å². The molecule has 184 valence electrons. The van der Waals surface area contributed by atoms with Gasteiger partial charge in [-0.1, -0.05) is 48.4 Å². The van der Waals surface area contributed by atoms with Crippen molar-refractivity contribution in [1.82, 2.24) is 14.9 Å². The molecule has 0 radical (unpaired) electrons. The van der Waals surface area contributed by atoms with Gasteiger partial charge in [-0.3, -0.25) is 4.79 Å². The number of rotatable bonds is 7. The number of ether oxygens (including phenoxy) is 1. The second kappa shape index (κ2) is 11.5. The molecule has 6 nitrogen and oxygen atoms in total. The first kappa shape index (κ1) is 25.0. The van der Waals surface area contributed by atoms with Crippen molar-refractivity contribution in [2.75, 3.05) is 37.7 Å². The molecule has 1 aromatic heterocycles. The summed E-state index contributed by atoms with van der Waals surface area (Å²) in [5.41, 5.74) is 4.79. The molecule has 7 heteroatoms. The first-order chi connectivity index (χ1) is 16.9. The predicted octanol–water partition coefficient (Wildman–Crippen LogP) is 5.02. The number of nitrogens with zero attached hydrogens (tertiary/aromatic N) is 4. The van der Waals surface area contributed by atoms with Crippen LogP contribution in [-0.4, -0.2) is 53.6 Å². The number of hydrogen-bond donors (Lipinski definition) is 0. The van der Waals surface area contributed by atoms with Crippen molar-refractivity contribution >= 4 is 23.3 Å². The molecule has 0 spiro atoms. The summed E-state index contributed by atoms with van der Waals surface area (Å²) in [4.78, 5) is 26.7. The highest BCUT2D eigenvalue weighted by molar-refractivity contribution is 6.30. The lowest BCUT2D eigenvalue weighted by Crippen LogP contribution is -2.38. The van der Waals surface area contributed by atoms with Crippen LogP contribution in [-0.2, 0) is 17.6 Å². The lowest BCUT2D eigenvalue weighted by Gasteiger charge is -2.26. The molecule has 0 N–H and O–H groups in total. The van der Waals surface area contributed by atoms with Crippen molar-refractivity contribution in [2.24, 2.45) is 0 Å². The number of benzene rings is 2. The first-order valence-corrected chi connectivity index (χ1v) is 12.6. The van der Waals surface area contributed by atoms with E-state index in [0.29, 0.717) is 23.9 Å². The third-order valence-corrected chi connectivity index (χ3v) is 6.60. The maximum absolute atomic E-state index is 12.9. The number of aromatic nitrogens is 2. The minimum absolute atomic E-state index is 0.00482. The second-order valence-electron chi connectivity index (χ2n) is 9.00. The average Bonchev–Trinajstić information content (AvgIpc) is 3.12. The minimum atomic E-state index is -0.00482. The van der Waals surface area contributed by atoms with Gasteiger partial charge in [0.2, 0.25) is 0 Å². The molecule has 35 heavy (non-hydrogen) atoms. The topological polar surface area (TPSA) is 58.6 Å². The fourth-order valence-electron chi connectivity index (χ4n) is 4.43. The number of hydrogen-bond acceptors (Lipinski definition) is 5. The summed E-state index contributed by atoms with van der Waals surface area (Å²) in [6, 6.07) is 15.7. The van der Waals surface area contributed by atoms with Gasteiger partial charge in [0.25, 0.3) is 5.91 Å². The zero-order valence-corrected chi connectivity index (χ0v) is 21.5. The van der Waals surface area contributed by atoms with Crippen molar-refractivity contribution in [2.45, 2.75) is 40.0 Å². The van der Waals surface area contributed by atoms with Gasteiger partial charge in [0.1, 0.15) is 17.4 Å². The van der Waals surface area contributed by atoms with Gasteiger partial charge >= 0.3 is 0 Å². The van der Waals surface area contributed by atoms with E-state index in [1.54, 1.807) is 24.3 Å². The van der Waals surface area contributed by atoms with Gasteiger partial charge in [0.05, 0.1) is 0 Å². The Hall–Kier alpha value is -3.12. The molecule has 0 saturated carbocycles. The Labute approximate surface area is 212 Å². The minimum Gasteiger partial charge on any atom is -0.484 e. The first-order valence-electron chi connectivity index (χ1n) is 12.3. The summed E-state index contributed by atoms with van der Waals surface area (Å²) < 4.78 is 5.68. The number of carbonyl (C=O) groups excluding carboxylic acids is 1. The molecular weight excluding hydrogens is 460 g/mol. The lowest BCUT2D eigenvalue weighted by atomic mass is 10.0. The number of amides is 1. The van der Waals surface area contributed by atoms with Crippen LogP contribution < -0.4 is 9.64 Å². The van der Waals surface area contributed by atoms with Crippen LogP contribution in [0, 0.1) is 13.8 Å². The van der Waals surface area contributed by atoms with E-state index < -0.39 is 0 Å². The highest BCUT2D eigenvalue weighted by atomic mass is 35.5. The quantitative estimate of drug-likeness (QED) is 0.463. The summed E-state index contributed by atoms with van der Waals surface area (Å²) >= 11 is 5.93. The van der Waals surface area contributed by atoms with Crippen LogP contribution in [0.15, 0.2) is 48.5 Å². The third-order valence-electron chi connectivity index (χ3n) is 6.34. The van der Waals surface area contributed by atoms with Crippen molar-refractivity contribution < 1.29 is 9.53 Å². The van der Waals surface area contributed by atoms with Crippen LogP contribution >= 0.6 is 11.6 Å². The lowest BCUT2D eigenvalue weighted by molar-refractivity contribution is -0.133. The Morgan fingerprint density at radius 1 is 0.971 bits per heavy atom. The largest absolute Gasteiger partial charge is 0.484 e. The van der Waals surface area contributed by atoms with Crippen LogP contribution in [0.4, 0.5) is 5.82 Å². The zero-order chi connectivity index (χ0) is 24.8. The molecule has 2 aromatic carbocycles. The maximum atomic E-state index is 12.9. The van der Waals surface area contributed by atoms with Gasteiger partial charge in [-0.05, 0) is 56.5 Å². The van der Waals surface area contributed by atoms with Gasteiger partial charge in [0, 0.05) is 48.9 Å². The van der Waals surface area contributed by atoms with Crippen LogP contribution in [0.5, 0.6) is 5.75 Å². The molecule has 1 aliphatic rings. The average molecular weight is 493 g/mol. The fourth-order valence-corrected chi connectivity index (χ4v) is 4.55. The predicted molar refractivity (Wildman–Crippen MR) is 140 cm³/mol. The molecule has 1 fully saturated rings. The van der Waals surface area contributed by atoms with E-state index in [-0.39, 0.29) is 12.5 Å². The molecule has 4 rings (SSSR count). The molecule has 2 heterocycles. The molecule has 1 saturated heterocycles. The number of carbonyl (C=O) groups is 1. The van der Waals surface area contributed by atoms with E-state index in [2.05, 4.69) is 43.0 Å². The number of halogens is 1. The van der Waals surface area contributed by atoms with Crippen LogP contribution in [0.25, 0.3) is 0 Å². The molecule has 0 atom stereocenters. The van der Waals surface area contributed by atoms with E-state index in [1.807, 2.05) is 11.8 Å². The fraction of sp³-hybridized carbons (Fsp3) is 0.393. The molecule has 3 aromatic rings. The zero-order valence-electron chi connectivity index (χ0n) is 20.8. The van der Waals surface area contributed by atoms with Crippen molar-refractivity contribution in [3.63, 3.8) is 0 Å². The van der Waals surface area contributed by atoms with Gasteiger partial charge in [0.15, 0.2) is 6.61 Å². The molecule has 0 bridgehead atoms.